The number of benzene rings is 1. The molecule has 0 aromatic heterocycles. The van der Waals surface area contributed by atoms with Crippen molar-refractivity contribution in [2.75, 3.05) is 6.61 Å². The maximum Gasteiger partial charge on any atom is 0.0612 e. The molecule has 0 bridgehead atoms. The fraction of sp³-hybridized carbons (Fsp3) is 0.385. The van der Waals surface area contributed by atoms with Crippen molar-refractivity contribution in [1.29, 1.82) is 0 Å². The van der Waals surface area contributed by atoms with Gasteiger partial charge in [0.25, 0.3) is 0 Å². The predicted molar refractivity (Wildman–Crippen MR) is 60.2 cm³/mol. The van der Waals surface area contributed by atoms with Crippen LogP contribution in [0, 0.1) is 5.92 Å². The van der Waals surface area contributed by atoms with E-state index in [0.29, 0.717) is 11.8 Å². The summed E-state index contributed by atoms with van der Waals surface area (Å²) in [6, 6.07) is 10.4. The summed E-state index contributed by atoms with van der Waals surface area (Å²) in [6.07, 6.45) is 3.90. The van der Waals surface area contributed by atoms with Crippen molar-refractivity contribution in [2.24, 2.45) is 5.92 Å². The first-order chi connectivity index (χ1) is 6.75. The summed E-state index contributed by atoms with van der Waals surface area (Å²) in [5, 5.41) is 8.76. The second-order valence-corrected chi connectivity index (χ2v) is 3.79. The standard InChI is InChI=1S/C13H18O/c1-11(2)13(9-6-10-14)12-7-4-3-5-8-12/h3-9,11,13-14H,10H2,1-2H3/b9-6+. The zero-order valence-corrected chi connectivity index (χ0v) is 8.85. The van der Waals surface area contributed by atoms with E-state index in [1.165, 1.54) is 5.56 Å². The summed E-state index contributed by atoms with van der Waals surface area (Å²) < 4.78 is 0. The topological polar surface area (TPSA) is 20.2 Å². The van der Waals surface area contributed by atoms with Crippen LogP contribution < -0.4 is 0 Å². The largest absolute Gasteiger partial charge is 0.392 e. The van der Waals surface area contributed by atoms with Gasteiger partial charge in [-0.15, -0.1) is 0 Å². The second-order valence-electron chi connectivity index (χ2n) is 3.79. The smallest absolute Gasteiger partial charge is 0.0612 e. The average molecular weight is 190 g/mol. The molecule has 0 aliphatic rings. The van der Waals surface area contributed by atoms with E-state index in [2.05, 4.69) is 44.2 Å². The normalized spacial score (nSPS) is 13.7. The minimum Gasteiger partial charge on any atom is -0.392 e. The lowest BCUT2D eigenvalue weighted by Crippen LogP contribution is -2.03. The van der Waals surface area contributed by atoms with Crippen molar-refractivity contribution in [1.82, 2.24) is 0 Å². The lowest BCUT2D eigenvalue weighted by Gasteiger charge is -2.17. The van der Waals surface area contributed by atoms with Crippen molar-refractivity contribution in [2.45, 2.75) is 19.8 Å². The molecule has 0 amide bonds. The highest BCUT2D eigenvalue weighted by molar-refractivity contribution is 5.24. The maximum atomic E-state index is 8.76. The highest BCUT2D eigenvalue weighted by atomic mass is 16.2. The molecule has 1 aromatic rings. The van der Waals surface area contributed by atoms with Crippen LogP contribution in [-0.4, -0.2) is 11.7 Å². The Labute approximate surface area is 86.1 Å². The van der Waals surface area contributed by atoms with Gasteiger partial charge in [-0.2, -0.15) is 0 Å². The van der Waals surface area contributed by atoms with E-state index in [1.54, 1.807) is 0 Å². The Balaban J connectivity index is 2.83. The van der Waals surface area contributed by atoms with Crippen molar-refractivity contribution in [3.63, 3.8) is 0 Å². The van der Waals surface area contributed by atoms with Gasteiger partial charge in [0.05, 0.1) is 6.61 Å². The Kier molecular flexibility index (Phi) is 4.41. The van der Waals surface area contributed by atoms with E-state index < -0.39 is 0 Å². The lowest BCUT2D eigenvalue weighted by atomic mass is 9.88. The van der Waals surface area contributed by atoms with Crippen molar-refractivity contribution in [3.05, 3.63) is 48.0 Å². The third-order valence-corrected chi connectivity index (χ3v) is 2.35. The molecule has 0 saturated heterocycles. The molecule has 0 aliphatic heterocycles. The van der Waals surface area contributed by atoms with E-state index in [1.807, 2.05) is 12.1 Å². The zero-order valence-electron chi connectivity index (χ0n) is 8.85. The maximum absolute atomic E-state index is 8.76. The average Bonchev–Trinajstić information content (AvgIpc) is 2.19. The molecule has 1 heteroatoms. The molecule has 0 fully saturated rings. The Morgan fingerprint density at radius 2 is 1.86 bits per heavy atom. The van der Waals surface area contributed by atoms with Gasteiger partial charge >= 0.3 is 0 Å². The summed E-state index contributed by atoms with van der Waals surface area (Å²) in [7, 11) is 0. The third-order valence-electron chi connectivity index (χ3n) is 2.35. The molecule has 0 saturated carbocycles. The van der Waals surface area contributed by atoms with Crippen LogP contribution in [0.1, 0.15) is 25.3 Å². The molecular weight excluding hydrogens is 172 g/mol. The van der Waals surface area contributed by atoms with Gasteiger partial charge in [-0.05, 0) is 11.5 Å². The van der Waals surface area contributed by atoms with Crippen LogP contribution in [0.15, 0.2) is 42.5 Å². The Bertz CT molecular complexity index is 275. The van der Waals surface area contributed by atoms with Gasteiger partial charge in [-0.3, -0.25) is 0 Å². The van der Waals surface area contributed by atoms with Crippen LogP contribution in [0.4, 0.5) is 0 Å². The van der Waals surface area contributed by atoms with Gasteiger partial charge in [0.2, 0.25) is 0 Å². The highest BCUT2D eigenvalue weighted by Crippen LogP contribution is 2.25. The van der Waals surface area contributed by atoms with Gasteiger partial charge in [-0.1, -0.05) is 56.3 Å². The first-order valence-electron chi connectivity index (χ1n) is 5.08. The number of hydrogen-bond donors (Lipinski definition) is 1. The van der Waals surface area contributed by atoms with Crippen LogP contribution >= 0.6 is 0 Å². The molecule has 0 radical (unpaired) electrons. The quantitative estimate of drug-likeness (QED) is 0.724. The molecule has 1 nitrogen and oxygen atoms in total. The predicted octanol–water partition coefficient (Wildman–Crippen LogP) is 2.97. The number of hydrogen-bond acceptors (Lipinski definition) is 1. The van der Waals surface area contributed by atoms with Gasteiger partial charge in [0, 0.05) is 5.92 Å². The molecule has 1 N–H and O–H groups in total. The SMILES string of the molecule is CC(C)C(/C=C/CO)c1ccccc1. The zero-order chi connectivity index (χ0) is 10.4. The lowest BCUT2D eigenvalue weighted by molar-refractivity contribution is 0.341. The third kappa shape index (κ3) is 3.00. The summed E-state index contributed by atoms with van der Waals surface area (Å²) in [5.74, 6) is 0.962. The molecule has 76 valence electrons. The van der Waals surface area contributed by atoms with Crippen molar-refractivity contribution < 1.29 is 5.11 Å². The van der Waals surface area contributed by atoms with Crippen LogP contribution in [0.2, 0.25) is 0 Å². The van der Waals surface area contributed by atoms with E-state index in [9.17, 15) is 0 Å². The molecular formula is C13H18O. The first kappa shape index (κ1) is 11.0. The van der Waals surface area contributed by atoms with Crippen LogP contribution in [0.3, 0.4) is 0 Å². The fourth-order valence-electron chi connectivity index (χ4n) is 1.60. The van der Waals surface area contributed by atoms with Crippen molar-refractivity contribution >= 4 is 0 Å². The van der Waals surface area contributed by atoms with E-state index in [-0.39, 0.29) is 6.61 Å². The van der Waals surface area contributed by atoms with Gasteiger partial charge in [-0.25, -0.2) is 0 Å². The minimum atomic E-state index is 0.121. The van der Waals surface area contributed by atoms with Crippen LogP contribution in [-0.2, 0) is 0 Å². The molecule has 1 unspecified atom stereocenters. The molecule has 0 spiro atoms. The fourth-order valence-corrected chi connectivity index (χ4v) is 1.60. The summed E-state index contributed by atoms with van der Waals surface area (Å²) >= 11 is 0. The summed E-state index contributed by atoms with van der Waals surface area (Å²) in [4.78, 5) is 0. The molecule has 1 rings (SSSR count). The number of allylic oxidation sites excluding steroid dienone is 1. The first-order valence-corrected chi connectivity index (χ1v) is 5.08. The number of aliphatic hydroxyl groups is 1. The second kappa shape index (κ2) is 5.61. The van der Waals surface area contributed by atoms with E-state index in [0.717, 1.165) is 0 Å². The Morgan fingerprint density at radius 1 is 1.21 bits per heavy atom. The van der Waals surface area contributed by atoms with Crippen molar-refractivity contribution in [3.8, 4) is 0 Å². The molecule has 14 heavy (non-hydrogen) atoms. The van der Waals surface area contributed by atoms with Gasteiger partial charge in [0.15, 0.2) is 0 Å². The van der Waals surface area contributed by atoms with Crippen LogP contribution in [0.5, 0.6) is 0 Å². The van der Waals surface area contributed by atoms with E-state index in [4.69, 9.17) is 5.11 Å². The van der Waals surface area contributed by atoms with E-state index >= 15 is 0 Å². The summed E-state index contributed by atoms with van der Waals surface area (Å²) in [5.41, 5.74) is 1.31. The summed E-state index contributed by atoms with van der Waals surface area (Å²) in [6.45, 7) is 4.51. The monoisotopic (exact) mass is 190 g/mol. The molecule has 0 heterocycles. The molecule has 1 atom stereocenters. The minimum absolute atomic E-state index is 0.121. The number of rotatable bonds is 4. The molecule has 0 aliphatic carbocycles. The molecule has 1 aromatic carbocycles. The highest BCUT2D eigenvalue weighted by Gasteiger charge is 2.11. The van der Waals surface area contributed by atoms with Gasteiger partial charge in [0.1, 0.15) is 0 Å². The Hall–Kier alpha value is -1.08. The Morgan fingerprint density at radius 3 is 2.36 bits per heavy atom. The van der Waals surface area contributed by atoms with Gasteiger partial charge < -0.3 is 5.11 Å². The number of aliphatic hydroxyl groups excluding tert-OH is 1. The van der Waals surface area contributed by atoms with Crippen LogP contribution in [0.25, 0.3) is 0 Å².